The van der Waals surface area contributed by atoms with Crippen LogP contribution >= 0.6 is 11.6 Å². The molecule has 148 valence electrons. The van der Waals surface area contributed by atoms with Gasteiger partial charge in [0.25, 0.3) is 5.91 Å². The highest BCUT2D eigenvalue weighted by Gasteiger charge is 2.45. The first-order valence-electron chi connectivity index (χ1n) is 9.36. The Morgan fingerprint density at radius 3 is 1.86 bits per heavy atom. The fourth-order valence-corrected chi connectivity index (χ4v) is 3.38. The van der Waals surface area contributed by atoms with Crippen LogP contribution in [-0.4, -0.2) is 18.4 Å². The third-order valence-corrected chi connectivity index (χ3v) is 4.84. The lowest BCUT2D eigenvalue weighted by atomic mass is 9.85. The second kappa shape index (κ2) is 9.39. The van der Waals surface area contributed by atoms with Crippen LogP contribution in [0.4, 0.5) is 0 Å². The van der Waals surface area contributed by atoms with Crippen molar-refractivity contribution in [1.29, 1.82) is 0 Å². The van der Waals surface area contributed by atoms with Crippen LogP contribution in [0, 0.1) is 0 Å². The molecule has 3 rings (SSSR count). The third kappa shape index (κ3) is 4.84. The maximum absolute atomic E-state index is 13.4. The van der Waals surface area contributed by atoms with Crippen molar-refractivity contribution in [3.05, 3.63) is 107 Å². The monoisotopic (exact) mass is 407 g/mol. The molecular weight excluding hydrogens is 386 g/mol. The van der Waals surface area contributed by atoms with Gasteiger partial charge in [0, 0.05) is 29.6 Å². The highest BCUT2D eigenvalue weighted by atomic mass is 35.5. The Hall–Kier alpha value is -3.11. The van der Waals surface area contributed by atoms with Crippen LogP contribution < -0.4 is 5.32 Å². The summed E-state index contributed by atoms with van der Waals surface area (Å²) in [5, 5.41) is 3.61. The first kappa shape index (κ1) is 20.6. The molecule has 0 atom stereocenters. The molecule has 1 amide bonds. The van der Waals surface area contributed by atoms with Gasteiger partial charge >= 0.3 is 5.97 Å². The largest absolute Gasteiger partial charge is 0.439 e. The van der Waals surface area contributed by atoms with Gasteiger partial charge in [-0.3, -0.25) is 9.59 Å². The SMILES string of the molecule is CC(=O)OC(C(=O)NCCc1ccc(Cl)cc1)(c1ccccc1)c1ccccc1. The molecule has 0 radical (unpaired) electrons. The summed E-state index contributed by atoms with van der Waals surface area (Å²) < 4.78 is 5.72. The van der Waals surface area contributed by atoms with Crippen LogP contribution in [0.15, 0.2) is 84.9 Å². The zero-order valence-electron chi connectivity index (χ0n) is 16.1. The first-order chi connectivity index (χ1) is 14.0. The van der Waals surface area contributed by atoms with E-state index >= 15 is 0 Å². The van der Waals surface area contributed by atoms with E-state index in [1.54, 1.807) is 24.3 Å². The van der Waals surface area contributed by atoms with Crippen molar-refractivity contribution in [2.45, 2.75) is 18.9 Å². The molecule has 4 nitrogen and oxygen atoms in total. The first-order valence-corrected chi connectivity index (χ1v) is 9.73. The Labute approximate surface area is 175 Å². The maximum Gasteiger partial charge on any atom is 0.304 e. The van der Waals surface area contributed by atoms with Gasteiger partial charge in [0.05, 0.1) is 0 Å². The van der Waals surface area contributed by atoms with Crippen LogP contribution in [0.5, 0.6) is 0 Å². The van der Waals surface area contributed by atoms with Crippen molar-refractivity contribution in [1.82, 2.24) is 5.32 Å². The molecule has 3 aromatic carbocycles. The number of hydrogen-bond donors (Lipinski definition) is 1. The molecule has 0 aliphatic heterocycles. The van der Waals surface area contributed by atoms with E-state index in [0.29, 0.717) is 29.1 Å². The van der Waals surface area contributed by atoms with Crippen molar-refractivity contribution < 1.29 is 14.3 Å². The summed E-state index contributed by atoms with van der Waals surface area (Å²) in [4.78, 5) is 25.5. The summed E-state index contributed by atoms with van der Waals surface area (Å²) in [7, 11) is 0. The quantitative estimate of drug-likeness (QED) is 0.586. The van der Waals surface area contributed by atoms with E-state index in [0.717, 1.165) is 5.56 Å². The van der Waals surface area contributed by atoms with Crippen LogP contribution in [0.3, 0.4) is 0 Å². The molecule has 0 saturated carbocycles. The predicted octanol–water partition coefficient (Wildman–Crippen LogP) is 4.51. The number of ether oxygens (including phenoxy) is 1. The molecule has 0 heterocycles. The number of hydrogen-bond acceptors (Lipinski definition) is 3. The number of benzene rings is 3. The number of rotatable bonds is 7. The fourth-order valence-electron chi connectivity index (χ4n) is 3.25. The minimum absolute atomic E-state index is 0.390. The molecule has 29 heavy (non-hydrogen) atoms. The Kier molecular flexibility index (Phi) is 6.68. The van der Waals surface area contributed by atoms with Gasteiger partial charge in [-0.15, -0.1) is 0 Å². The standard InChI is InChI=1S/C24H22ClNO3/c1-18(27)29-24(20-8-4-2-5-9-20,21-10-6-3-7-11-21)23(28)26-17-16-19-12-14-22(25)15-13-19/h2-15H,16-17H2,1H3,(H,26,28). The van der Waals surface area contributed by atoms with Gasteiger partial charge < -0.3 is 10.1 Å². The zero-order valence-corrected chi connectivity index (χ0v) is 16.9. The number of halogens is 1. The molecule has 0 bridgehead atoms. The zero-order chi connectivity index (χ0) is 20.7. The van der Waals surface area contributed by atoms with Crippen LogP contribution in [-0.2, 0) is 26.3 Å². The van der Waals surface area contributed by atoms with Crippen molar-refractivity contribution in [3.63, 3.8) is 0 Å². The van der Waals surface area contributed by atoms with E-state index in [4.69, 9.17) is 16.3 Å². The second-order valence-electron chi connectivity index (χ2n) is 6.64. The lowest BCUT2D eigenvalue weighted by Gasteiger charge is -2.32. The molecule has 0 spiro atoms. The van der Waals surface area contributed by atoms with Gasteiger partial charge in [-0.2, -0.15) is 0 Å². The average Bonchev–Trinajstić information content (AvgIpc) is 2.74. The van der Waals surface area contributed by atoms with Gasteiger partial charge in [-0.1, -0.05) is 84.4 Å². The minimum atomic E-state index is -1.56. The predicted molar refractivity (Wildman–Crippen MR) is 114 cm³/mol. The summed E-state index contributed by atoms with van der Waals surface area (Å²) in [5.41, 5.74) is 0.664. The van der Waals surface area contributed by atoms with E-state index in [9.17, 15) is 9.59 Å². The van der Waals surface area contributed by atoms with Crippen LogP contribution in [0.2, 0.25) is 5.02 Å². The van der Waals surface area contributed by atoms with E-state index in [-0.39, 0.29) is 5.91 Å². The highest BCUT2D eigenvalue weighted by Crippen LogP contribution is 2.34. The molecule has 1 N–H and O–H groups in total. The van der Waals surface area contributed by atoms with Crippen LogP contribution in [0.1, 0.15) is 23.6 Å². The number of carbonyl (C=O) groups is 2. The lowest BCUT2D eigenvalue weighted by molar-refractivity contribution is -0.163. The maximum atomic E-state index is 13.4. The number of amides is 1. The Bertz CT molecular complexity index is 917. The van der Waals surface area contributed by atoms with Crippen LogP contribution in [0.25, 0.3) is 0 Å². The number of carbonyl (C=O) groups excluding carboxylic acids is 2. The van der Waals surface area contributed by atoms with Crippen molar-refractivity contribution >= 4 is 23.5 Å². The lowest BCUT2D eigenvalue weighted by Crippen LogP contribution is -2.48. The number of esters is 1. The molecule has 0 fully saturated rings. The average molecular weight is 408 g/mol. The normalized spacial score (nSPS) is 11.0. The van der Waals surface area contributed by atoms with E-state index in [1.807, 2.05) is 60.7 Å². The molecule has 0 saturated heterocycles. The smallest absolute Gasteiger partial charge is 0.304 e. The Morgan fingerprint density at radius 2 is 1.38 bits per heavy atom. The molecular formula is C24H22ClNO3. The Morgan fingerprint density at radius 1 is 0.862 bits per heavy atom. The van der Waals surface area contributed by atoms with Gasteiger partial charge in [-0.05, 0) is 24.1 Å². The van der Waals surface area contributed by atoms with Crippen molar-refractivity contribution in [2.75, 3.05) is 6.54 Å². The molecule has 0 aromatic heterocycles. The van der Waals surface area contributed by atoms with E-state index in [1.165, 1.54) is 6.92 Å². The summed E-state index contributed by atoms with van der Waals surface area (Å²) >= 11 is 5.92. The van der Waals surface area contributed by atoms with E-state index in [2.05, 4.69) is 5.32 Å². The van der Waals surface area contributed by atoms with Gasteiger partial charge in [0.2, 0.25) is 5.60 Å². The van der Waals surface area contributed by atoms with Crippen molar-refractivity contribution in [2.24, 2.45) is 0 Å². The summed E-state index contributed by atoms with van der Waals surface area (Å²) in [6.07, 6.45) is 0.628. The second-order valence-corrected chi connectivity index (χ2v) is 7.08. The van der Waals surface area contributed by atoms with Crippen molar-refractivity contribution in [3.8, 4) is 0 Å². The molecule has 0 aliphatic carbocycles. The minimum Gasteiger partial charge on any atom is -0.439 e. The van der Waals surface area contributed by atoms with Gasteiger partial charge in [0.15, 0.2) is 0 Å². The number of nitrogens with one attached hydrogen (secondary N) is 1. The molecule has 5 heteroatoms. The summed E-state index contributed by atoms with van der Waals surface area (Å²) in [6, 6.07) is 25.6. The summed E-state index contributed by atoms with van der Waals surface area (Å²) in [6.45, 7) is 1.70. The molecule has 0 aliphatic rings. The highest BCUT2D eigenvalue weighted by molar-refractivity contribution is 6.30. The van der Waals surface area contributed by atoms with Gasteiger partial charge in [0.1, 0.15) is 0 Å². The van der Waals surface area contributed by atoms with Gasteiger partial charge in [-0.25, -0.2) is 0 Å². The van der Waals surface area contributed by atoms with E-state index < -0.39 is 11.6 Å². The molecule has 0 unspecified atom stereocenters. The molecule has 3 aromatic rings. The third-order valence-electron chi connectivity index (χ3n) is 4.59. The Balaban J connectivity index is 1.92. The topological polar surface area (TPSA) is 55.4 Å². The summed E-state index contributed by atoms with van der Waals surface area (Å²) in [5.74, 6) is -0.926. The fraction of sp³-hybridized carbons (Fsp3) is 0.167.